The van der Waals surface area contributed by atoms with Crippen LogP contribution in [0.4, 0.5) is 0 Å². The Labute approximate surface area is 118 Å². The molecule has 0 aliphatic carbocycles. The van der Waals surface area contributed by atoms with Gasteiger partial charge in [0.15, 0.2) is 0 Å². The van der Waals surface area contributed by atoms with E-state index in [1.165, 1.54) is 0 Å². The predicted octanol–water partition coefficient (Wildman–Crippen LogP) is 2.85. The first kappa shape index (κ1) is 14.1. The first-order valence-corrected chi connectivity index (χ1v) is 6.23. The summed E-state index contributed by atoms with van der Waals surface area (Å²) in [6.07, 6.45) is 4.40. The lowest BCUT2D eigenvalue weighted by atomic mass is 10.1. The van der Waals surface area contributed by atoms with Gasteiger partial charge in [-0.05, 0) is 35.9 Å². The summed E-state index contributed by atoms with van der Waals surface area (Å²) in [5.41, 5.74) is 1.50. The molecule has 2 aromatic rings. The van der Waals surface area contributed by atoms with Crippen molar-refractivity contribution in [1.82, 2.24) is 4.98 Å². The first-order chi connectivity index (χ1) is 9.72. The van der Waals surface area contributed by atoms with Crippen LogP contribution in [0, 0.1) is 0 Å². The Kier molecular flexibility index (Phi) is 4.74. The highest BCUT2D eigenvalue weighted by molar-refractivity contribution is 5.55. The second kappa shape index (κ2) is 6.73. The number of nitrogens with zero attached hydrogens (tertiary/aromatic N) is 1. The minimum Gasteiger partial charge on any atom is -0.497 e. The van der Waals surface area contributed by atoms with E-state index in [0.717, 1.165) is 5.56 Å². The van der Waals surface area contributed by atoms with Crippen LogP contribution in [0.15, 0.2) is 48.7 Å². The zero-order valence-electron chi connectivity index (χ0n) is 11.5. The quantitative estimate of drug-likeness (QED) is 0.908. The third kappa shape index (κ3) is 3.59. The smallest absolute Gasteiger partial charge is 0.123 e. The number of benzene rings is 1. The van der Waals surface area contributed by atoms with E-state index in [-0.39, 0.29) is 0 Å². The van der Waals surface area contributed by atoms with Gasteiger partial charge in [-0.1, -0.05) is 12.1 Å². The molecule has 0 amide bonds. The molecule has 20 heavy (non-hydrogen) atoms. The van der Waals surface area contributed by atoms with Crippen molar-refractivity contribution >= 4 is 6.08 Å². The minimum absolute atomic E-state index is 0.610. The van der Waals surface area contributed by atoms with Crippen molar-refractivity contribution in [3.8, 4) is 11.5 Å². The molecule has 0 aliphatic rings. The minimum atomic E-state index is -0.742. The Balaban J connectivity index is 2.18. The molecule has 2 rings (SSSR count). The van der Waals surface area contributed by atoms with Gasteiger partial charge >= 0.3 is 0 Å². The number of aromatic nitrogens is 1. The fourth-order valence-electron chi connectivity index (χ4n) is 1.78. The molecule has 0 aliphatic heterocycles. The molecule has 1 heterocycles. The van der Waals surface area contributed by atoms with E-state index in [1.54, 1.807) is 38.6 Å². The van der Waals surface area contributed by atoms with E-state index in [4.69, 9.17) is 9.47 Å². The summed E-state index contributed by atoms with van der Waals surface area (Å²) in [4.78, 5) is 4.11. The Morgan fingerprint density at radius 1 is 1.10 bits per heavy atom. The van der Waals surface area contributed by atoms with Gasteiger partial charge in [0.2, 0.25) is 0 Å². The van der Waals surface area contributed by atoms with E-state index in [0.29, 0.717) is 17.2 Å². The molecule has 0 saturated carbocycles. The van der Waals surface area contributed by atoms with Gasteiger partial charge in [-0.15, -0.1) is 0 Å². The normalized spacial score (nSPS) is 12.3. The highest BCUT2D eigenvalue weighted by atomic mass is 16.5. The number of aliphatic hydroxyl groups is 1. The van der Waals surface area contributed by atoms with Gasteiger partial charge in [0.25, 0.3) is 0 Å². The van der Waals surface area contributed by atoms with Crippen molar-refractivity contribution < 1.29 is 14.6 Å². The Morgan fingerprint density at radius 3 is 2.35 bits per heavy atom. The Bertz CT molecular complexity index is 559. The third-order valence-electron chi connectivity index (χ3n) is 2.84. The maximum atomic E-state index is 10.0. The van der Waals surface area contributed by atoms with Crippen LogP contribution in [0.2, 0.25) is 0 Å². The summed E-state index contributed by atoms with van der Waals surface area (Å²) >= 11 is 0. The molecule has 104 valence electrons. The third-order valence-corrected chi connectivity index (χ3v) is 2.84. The highest BCUT2D eigenvalue weighted by Gasteiger charge is 2.04. The molecular weight excluding hydrogens is 254 g/mol. The van der Waals surface area contributed by atoms with E-state index < -0.39 is 6.10 Å². The predicted molar refractivity (Wildman–Crippen MR) is 77.8 cm³/mol. The van der Waals surface area contributed by atoms with Gasteiger partial charge in [-0.25, -0.2) is 0 Å². The van der Waals surface area contributed by atoms with Crippen LogP contribution in [0.5, 0.6) is 11.5 Å². The summed E-state index contributed by atoms with van der Waals surface area (Å²) in [5, 5.41) is 10.0. The largest absolute Gasteiger partial charge is 0.497 e. The second-order valence-electron chi connectivity index (χ2n) is 4.20. The molecule has 0 saturated heterocycles. The molecule has 0 radical (unpaired) electrons. The maximum absolute atomic E-state index is 10.0. The van der Waals surface area contributed by atoms with Crippen LogP contribution in [-0.2, 0) is 0 Å². The van der Waals surface area contributed by atoms with E-state index in [2.05, 4.69) is 4.98 Å². The summed E-state index contributed by atoms with van der Waals surface area (Å²) in [7, 11) is 3.20. The number of rotatable bonds is 5. The SMILES string of the molecule is COc1cc(/C=C/C(O)c2ccccn2)cc(OC)c1. The number of aliphatic hydroxyl groups excluding tert-OH is 1. The van der Waals surface area contributed by atoms with E-state index in [1.807, 2.05) is 30.3 Å². The van der Waals surface area contributed by atoms with E-state index >= 15 is 0 Å². The van der Waals surface area contributed by atoms with Crippen LogP contribution in [0.3, 0.4) is 0 Å². The number of pyridine rings is 1. The van der Waals surface area contributed by atoms with Crippen LogP contribution in [0.1, 0.15) is 17.4 Å². The lowest BCUT2D eigenvalue weighted by Gasteiger charge is -2.07. The molecule has 0 bridgehead atoms. The van der Waals surface area contributed by atoms with Gasteiger partial charge < -0.3 is 14.6 Å². The molecule has 1 aromatic heterocycles. The van der Waals surface area contributed by atoms with Gasteiger partial charge in [0.05, 0.1) is 19.9 Å². The van der Waals surface area contributed by atoms with Crippen molar-refractivity contribution in [3.63, 3.8) is 0 Å². The lowest BCUT2D eigenvalue weighted by molar-refractivity contribution is 0.224. The maximum Gasteiger partial charge on any atom is 0.123 e. The fraction of sp³-hybridized carbons (Fsp3) is 0.188. The second-order valence-corrected chi connectivity index (χ2v) is 4.20. The van der Waals surface area contributed by atoms with Crippen molar-refractivity contribution in [2.45, 2.75) is 6.10 Å². The van der Waals surface area contributed by atoms with E-state index in [9.17, 15) is 5.11 Å². The molecule has 1 N–H and O–H groups in total. The van der Waals surface area contributed by atoms with Crippen molar-refractivity contribution in [3.05, 3.63) is 59.9 Å². The number of methoxy groups -OCH3 is 2. The molecule has 1 unspecified atom stereocenters. The standard InChI is InChI=1S/C16H17NO3/c1-19-13-9-12(10-14(11-13)20-2)6-7-16(18)15-5-3-4-8-17-15/h3-11,16,18H,1-2H3/b7-6+. The number of hydrogen-bond acceptors (Lipinski definition) is 4. The average molecular weight is 271 g/mol. The van der Waals surface area contributed by atoms with Gasteiger partial charge in [-0.3, -0.25) is 4.98 Å². The Morgan fingerprint density at radius 2 is 1.80 bits per heavy atom. The molecule has 1 aromatic carbocycles. The highest BCUT2D eigenvalue weighted by Crippen LogP contribution is 2.24. The van der Waals surface area contributed by atoms with Crippen LogP contribution >= 0.6 is 0 Å². The molecule has 4 nitrogen and oxygen atoms in total. The van der Waals surface area contributed by atoms with Crippen molar-refractivity contribution in [2.24, 2.45) is 0 Å². The zero-order chi connectivity index (χ0) is 14.4. The molecular formula is C16H17NO3. The van der Waals surface area contributed by atoms with Gasteiger partial charge in [-0.2, -0.15) is 0 Å². The summed E-state index contributed by atoms with van der Waals surface area (Å²) in [6, 6.07) is 11.0. The fourth-order valence-corrected chi connectivity index (χ4v) is 1.78. The van der Waals surface area contributed by atoms with Crippen molar-refractivity contribution in [2.75, 3.05) is 14.2 Å². The molecule has 1 atom stereocenters. The molecule has 0 fully saturated rings. The average Bonchev–Trinajstić information content (AvgIpc) is 2.53. The van der Waals surface area contributed by atoms with Crippen LogP contribution < -0.4 is 9.47 Å². The monoisotopic (exact) mass is 271 g/mol. The number of hydrogen-bond donors (Lipinski definition) is 1. The number of ether oxygens (including phenoxy) is 2. The van der Waals surface area contributed by atoms with Crippen LogP contribution in [-0.4, -0.2) is 24.3 Å². The summed E-state index contributed by atoms with van der Waals surface area (Å²) < 4.78 is 10.4. The summed E-state index contributed by atoms with van der Waals surface area (Å²) in [5.74, 6) is 1.41. The summed E-state index contributed by atoms with van der Waals surface area (Å²) in [6.45, 7) is 0. The molecule has 4 heteroatoms. The van der Waals surface area contributed by atoms with Crippen LogP contribution in [0.25, 0.3) is 6.08 Å². The lowest BCUT2D eigenvalue weighted by Crippen LogP contribution is -1.95. The zero-order valence-corrected chi connectivity index (χ0v) is 11.5. The first-order valence-electron chi connectivity index (χ1n) is 6.23. The van der Waals surface area contributed by atoms with Gasteiger partial charge in [0, 0.05) is 12.3 Å². The Hall–Kier alpha value is -2.33. The van der Waals surface area contributed by atoms with Gasteiger partial charge in [0.1, 0.15) is 17.6 Å². The topological polar surface area (TPSA) is 51.6 Å². The van der Waals surface area contributed by atoms with Crippen molar-refractivity contribution in [1.29, 1.82) is 0 Å². The molecule has 0 spiro atoms.